The van der Waals surface area contributed by atoms with Crippen molar-refractivity contribution in [1.29, 1.82) is 0 Å². The maximum atomic E-state index is 14.7. The first kappa shape index (κ1) is 19.0. The van der Waals surface area contributed by atoms with Crippen LogP contribution in [0.4, 0.5) is 10.2 Å². The van der Waals surface area contributed by atoms with Gasteiger partial charge in [0, 0.05) is 6.54 Å². The molecule has 1 aromatic heterocycles. The number of hydrogen-bond donors (Lipinski definition) is 1. The highest BCUT2D eigenvalue weighted by Gasteiger charge is 2.43. The zero-order valence-electron chi connectivity index (χ0n) is 17.1. The van der Waals surface area contributed by atoms with Crippen molar-refractivity contribution in [3.05, 3.63) is 47.7 Å². The van der Waals surface area contributed by atoms with E-state index in [0.717, 1.165) is 18.7 Å². The van der Waals surface area contributed by atoms with E-state index >= 15 is 0 Å². The monoisotopic (exact) mass is 384 g/mol. The molecule has 2 aliphatic rings. The Morgan fingerprint density at radius 1 is 1.29 bits per heavy atom. The van der Waals surface area contributed by atoms with Gasteiger partial charge in [-0.1, -0.05) is 30.3 Å². The highest BCUT2D eigenvalue weighted by Crippen LogP contribution is 2.41. The first-order valence-corrected chi connectivity index (χ1v) is 10.1. The lowest BCUT2D eigenvalue weighted by atomic mass is 9.89. The number of likely N-dealkylation sites (tertiary alicyclic amines) is 1. The van der Waals surface area contributed by atoms with Crippen LogP contribution >= 0.6 is 0 Å². The van der Waals surface area contributed by atoms with Crippen molar-refractivity contribution in [3.8, 4) is 0 Å². The number of benzene rings is 1. The minimum absolute atomic E-state index is 0.0962. The van der Waals surface area contributed by atoms with Crippen LogP contribution in [0.2, 0.25) is 0 Å². The summed E-state index contributed by atoms with van der Waals surface area (Å²) >= 11 is 0. The van der Waals surface area contributed by atoms with E-state index in [4.69, 9.17) is 0 Å². The van der Waals surface area contributed by atoms with Gasteiger partial charge in [0.05, 0.1) is 23.8 Å². The first-order valence-electron chi connectivity index (χ1n) is 10.1. The highest BCUT2D eigenvalue weighted by molar-refractivity contribution is 5.99. The summed E-state index contributed by atoms with van der Waals surface area (Å²) in [5, 5.41) is 8.06. The van der Waals surface area contributed by atoms with Crippen LogP contribution in [0.5, 0.6) is 0 Å². The SMILES string of the molecule is CC(C)(F)C1CCCN1C(=O)c1cnn2c1NC(c1ccccc1)CC2(C)C. The van der Waals surface area contributed by atoms with Gasteiger partial charge < -0.3 is 10.2 Å². The first-order chi connectivity index (χ1) is 13.2. The van der Waals surface area contributed by atoms with Gasteiger partial charge in [-0.2, -0.15) is 5.10 Å². The second-order valence-corrected chi connectivity index (χ2v) is 9.16. The normalized spacial score (nSPS) is 24.0. The Kier molecular flexibility index (Phi) is 4.47. The van der Waals surface area contributed by atoms with E-state index in [2.05, 4.69) is 36.4 Å². The number of halogens is 1. The summed E-state index contributed by atoms with van der Waals surface area (Å²) in [6.45, 7) is 7.98. The zero-order chi connectivity index (χ0) is 20.1. The van der Waals surface area contributed by atoms with E-state index in [1.807, 2.05) is 22.9 Å². The van der Waals surface area contributed by atoms with Gasteiger partial charge in [-0.05, 0) is 52.5 Å². The summed E-state index contributed by atoms with van der Waals surface area (Å²) in [4.78, 5) is 15.1. The second kappa shape index (κ2) is 6.61. The maximum absolute atomic E-state index is 14.7. The summed E-state index contributed by atoms with van der Waals surface area (Å²) in [6, 6.07) is 9.96. The predicted octanol–water partition coefficient (Wildman–Crippen LogP) is 4.53. The molecule has 2 aromatic rings. The largest absolute Gasteiger partial charge is 0.363 e. The van der Waals surface area contributed by atoms with Crippen LogP contribution in [0.15, 0.2) is 36.5 Å². The number of fused-ring (bicyclic) bond motifs is 1. The number of carbonyl (C=O) groups is 1. The third-order valence-electron chi connectivity index (χ3n) is 6.10. The van der Waals surface area contributed by atoms with Gasteiger partial charge in [0.1, 0.15) is 17.1 Å². The average molecular weight is 384 g/mol. The number of anilines is 1. The molecular formula is C22H29FN4O. The van der Waals surface area contributed by atoms with E-state index in [0.29, 0.717) is 18.5 Å². The minimum atomic E-state index is -1.42. The fraction of sp³-hybridized carbons (Fsp3) is 0.545. The Morgan fingerprint density at radius 3 is 2.68 bits per heavy atom. The van der Waals surface area contributed by atoms with Gasteiger partial charge in [-0.25, -0.2) is 9.07 Å². The van der Waals surface area contributed by atoms with Crippen molar-refractivity contribution < 1.29 is 9.18 Å². The number of nitrogens with zero attached hydrogens (tertiary/aromatic N) is 3. The number of alkyl halides is 1. The van der Waals surface area contributed by atoms with Gasteiger partial charge in [0.15, 0.2) is 0 Å². The Bertz CT molecular complexity index is 868. The Balaban J connectivity index is 1.69. The average Bonchev–Trinajstić information content (AvgIpc) is 3.28. The van der Waals surface area contributed by atoms with Crippen LogP contribution in [0.3, 0.4) is 0 Å². The molecule has 3 heterocycles. The Hall–Kier alpha value is -2.37. The zero-order valence-corrected chi connectivity index (χ0v) is 17.1. The van der Waals surface area contributed by atoms with Crippen molar-refractivity contribution >= 4 is 11.7 Å². The van der Waals surface area contributed by atoms with Crippen molar-refractivity contribution in [2.45, 2.75) is 70.2 Å². The molecule has 1 saturated heterocycles. The lowest BCUT2D eigenvalue weighted by Crippen LogP contribution is -2.46. The van der Waals surface area contributed by atoms with Gasteiger partial charge in [-0.15, -0.1) is 0 Å². The lowest BCUT2D eigenvalue weighted by molar-refractivity contribution is 0.0496. The van der Waals surface area contributed by atoms with Gasteiger partial charge in [-0.3, -0.25) is 4.79 Å². The van der Waals surface area contributed by atoms with Crippen LogP contribution in [0.25, 0.3) is 0 Å². The van der Waals surface area contributed by atoms with Crippen molar-refractivity contribution in [1.82, 2.24) is 14.7 Å². The summed E-state index contributed by atoms with van der Waals surface area (Å²) in [5.41, 5.74) is 0.0671. The molecule has 2 atom stereocenters. The molecule has 2 unspecified atom stereocenters. The highest BCUT2D eigenvalue weighted by atomic mass is 19.1. The van der Waals surface area contributed by atoms with Gasteiger partial charge in [0.2, 0.25) is 0 Å². The minimum Gasteiger partial charge on any atom is -0.363 e. The molecule has 0 saturated carbocycles. The van der Waals surface area contributed by atoms with E-state index in [-0.39, 0.29) is 17.5 Å². The third kappa shape index (κ3) is 3.19. The fourth-order valence-electron chi connectivity index (χ4n) is 4.67. The summed E-state index contributed by atoms with van der Waals surface area (Å²) in [5.74, 6) is 0.601. The van der Waals surface area contributed by atoms with Gasteiger partial charge >= 0.3 is 0 Å². The van der Waals surface area contributed by atoms with E-state index in [9.17, 15) is 9.18 Å². The molecule has 0 radical (unpaired) electrons. The predicted molar refractivity (Wildman–Crippen MR) is 108 cm³/mol. The molecule has 1 amide bonds. The maximum Gasteiger partial charge on any atom is 0.259 e. The van der Waals surface area contributed by atoms with Crippen molar-refractivity contribution in [2.24, 2.45) is 0 Å². The van der Waals surface area contributed by atoms with E-state index in [1.165, 1.54) is 5.56 Å². The molecule has 28 heavy (non-hydrogen) atoms. The van der Waals surface area contributed by atoms with Crippen LogP contribution < -0.4 is 5.32 Å². The van der Waals surface area contributed by atoms with Crippen LogP contribution in [-0.4, -0.2) is 38.8 Å². The second-order valence-electron chi connectivity index (χ2n) is 9.16. The number of hydrogen-bond acceptors (Lipinski definition) is 3. The number of rotatable bonds is 3. The smallest absolute Gasteiger partial charge is 0.259 e. The third-order valence-corrected chi connectivity index (χ3v) is 6.10. The number of amides is 1. The number of nitrogens with one attached hydrogen (secondary N) is 1. The molecule has 1 fully saturated rings. The van der Waals surface area contributed by atoms with Crippen LogP contribution in [-0.2, 0) is 5.54 Å². The molecule has 0 bridgehead atoms. The molecule has 150 valence electrons. The van der Waals surface area contributed by atoms with Crippen LogP contribution in [0, 0.1) is 0 Å². The molecule has 1 N–H and O–H groups in total. The van der Waals surface area contributed by atoms with Crippen molar-refractivity contribution in [3.63, 3.8) is 0 Å². The van der Waals surface area contributed by atoms with Gasteiger partial charge in [0.25, 0.3) is 5.91 Å². The molecule has 0 spiro atoms. The molecule has 5 nitrogen and oxygen atoms in total. The lowest BCUT2D eigenvalue weighted by Gasteiger charge is -2.39. The molecule has 0 aliphatic carbocycles. The topological polar surface area (TPSA) is 50.2 Å². The molecule has 1 aromatic carbocycles. The quantitative estimate of drug-likeness (QED) is 0.846. The fourth-order valence-corrected chi connectivity index (χ4v) is 4.67. The molecule has 2 aliphatic heterocycles. The Labute approximate surface area is 165 Å². The number of carbonyl (C=O) groups excluding carboxylic acids is 1. The number of aromatic nitrogens is 2. The molecule has 4 rings (SSSR count). The van der Waals surface area contributed by atoms with E-state index < -0.39 is 11.7 Å². The Morgan fingerprint density at radius 2 is 2.00 bits per heavy atom. The molecule has 6 heteroatoms. The summed E-state index contributed by atoms with van der Waals surface area (Å²) in [7, 11) is 0. The van der Waals surface area contributed by atoms with Crippen molar-refractivity contribution in [2.75, 3.05) is 11.9 Å². The van der Waals surface area contributed by atoms with E-state index in [1.54, 1.807) is 24.9 Å². The summed E-state index contributed by atoms with van der Waals surface area (Å²) < 4.78 is 16.6. The summed E-state index contributed by atoms with van der Waals surface area (Å²) in [6.07, 6.45) is 4.03. The standard InChI is InChI=1S/C22H29FN4O/c1-21(2)13-17(15-9-6-5-7-10-15)25-19-16(14-24-27(19)21)20(28)26-12-8-11-18(26)22(3,4)23/h5-7,9-10,14,17-18,25H,8,11-13H2,1-4H3. The molecular weight excluding hydrogens is 355 g/mol. The van der Waals surface area contributed by atoms with Crippen LogP contribution in [0.1, 0.15) is 68.9 Å².